The SMILES string of the molecule is CCOc1ccc(C(=O)NNC(=O)C[C@@H]2c3ccccc3C=CN2C(C)=O)cc1. The van der Waals surface area contributed by atoms with Gasteiger partial charge in [0.25, 0.3) is 5.91 Å². The summed E-state index contributed by atoms with van der Waals surface area (Å²) >= 11 is 0. The Kier molecular flexibility index (Phi) is 6.29. The highest BCUT2D eigenvalue weighted by atomic mass is 16.5. The van der Waals surface area contributed by atoms with Crippen molar-refractivity contribution < 1.29 is 19.1 Å². The fraction of sp³-hybridized carbons (Fsp3) is 0.227. The van der Waals surface area contributed by atoms with Crippen molar-refractivity contribution >= 4 is 23.8 Å². The van der Waals surface area contributed by atoms with Crippen molar-refractivity contribution in [1.29, 1.82) is 0 Å². The van der Waals surface area contributed by atoms with Gasteiger partial charge in [-0.1, -0.05) is 24.3 Å². The second kappa shape index (κ2) is 9.05. The molecule has 2 aromatic carbocycles. The number of hydrazine groups is 1. The number of nitrogens with one attached hydrogen (secondary N) is 2. The zero-order valence-corrected chi connectivity index (χ0v) is 16.3. The third-order valence-electron chi connectivity index (χ3n) is 4.59. The first-order valence-corrected chi connectivity index (χ1v) is 9.37. The highest BCUT2D eigenvalue weighted by Gasteiger charge is 2.28. The van der Waals surface area contributed by atoms with Gasteiger partial charge in [0.15, 0.2) is 0 Å². The van der Waals surface area contributed by atoms with Gasteiger partial charge in [-0.2, -0.15) is 0 Å². The molecule has 0 unspecified atom stereocenters. The molecule has 0 bridgehead atoms. The molecule has 29 heavy (non-hydrogen) atoms. The first-order chi connectivity index (χ1) is 14.0. The van der Waals surface area contributed by atoms with E-state index in [0.29, 0.717) is 17.9 Å². The number of fused-ring (bicyclic) bond motifs is 1. The zero-order chi connectivity index (χ0) is 20.8. The van der Waals surface area contributed by atoms with E-state index in [1.165, 1.54) is 11.8 Å². The third-order valence-corrected chi connectivity index (χ3v) is 4.59. The summed E-state index contributed by atoms with van der Waals surface area (Å²) in [5.74, 6) is -0.326. The predicted octanol–water partition coefficient (Wildman–Crippen LogP) is 2.81. The van der Waals surface area contributed by atoms with Crippen LogP contribution in [-0.4, -0.2) is 29.2 Å². The maximum absolute atomic E-state index is 12.5. The predicted molar refractivity (Wildman–Crippen MR) is 109 cm³/mol. The van der Waals surface area contributed by atoms with Crippen LogP contribution >= 0.6 is 0 Å². The summed E-state index contributed by atoms with van der Waals surface area (Å²) in [5.41, 5.74) is 7.07. The lowest BCUT2D eigenvalue weighted by molar-refractivity contribution is -0.130. The van der Waals surface area contributed by atoms with E-state index in [1.807, 2.05) is 37.3 Å². The minimum Gasteiger partial charge on any atom is -0.494 e. The van der Waals surface area contributed by atoms with Gasteiger partial charge in [0.05, 0.1) is 19.1 Å². The largest absolute Gasteiger partial charge is 0.494 e. The van der Waals surface area contributed by atoms with Crippen LogP contribution in [0.3, 0.4) is 0 Å². The van der Waals surface area contributed by atoms with E-state index < -0.39 is 17.9 Å². The fourth-order valence-corrected chi connectivity index (χ4v) is 3.21. The number of amides is 3. The summed E-state index contributed by atoms with van der Waals surface area (Å²) in [4.78, 5) is 38.2. The van der Waals surface area contributed by atoms with E-state index in [9.17, 15) is 14.4 Å². The van der Waals surface area contributed by atoms with Crippen molar-refractivity contribution in [2.45, 2.75) is 26.3 Å². The van der Waals surface area contributed by atoms with E-state index in [0.717, 1.165) is 11.1 Å². The van der Waals surface area contributed by atoms with Crippen LogP contribution in [0, 0.1) is 0 Å². The van der Waals surface area contributed by atoms with Crippen molar-refractivity contribution in [3.05, 3.63) is 71.4 Å². The maximum Gasteiger partial charge on any atom is 0.269 e. The normalized spacial score (nSPS) is 14.7. The smallest absolute Gasteiger partial charge is 0.269 e. The quantitative estimate of drug-likeness (QED) is 0.765. The molecule has 0 aliphatic carbocycles. The Morgan fingerprint density at radius 2 is 1.76 bits per heavy atom. The number of benzene rings is 2. The van der Waals surface area contributed by atoms with Gasteiger partial charge in [0.2, 0.25) is 11.8 Å². The topological polar surface area (TPSA) is 87.7 Å². The monoisotopic (exact) mass is 393 g/mol. The molecule has 0 saturated carbocycles. The number of hydrogen-bond acceptors (Lipinski definition) is 4. The minimum absolute atomic E-state index is 0.0183. The summed E-state index contributed by atoms with van der Waals surface area (Å²) in [5, 5.41) is 0. The van der Waals surface area contributed by atoms with Gasteiger partial charge in [-0.25, -0.2) is 0 Å². The Balaban J connectivity index is 1.62. The Morgan fingerprint density at radius 3 is 2.45 bits per heavy atom. The Bertz CT molecular complexity index is 937. The van der Waals surface area contributed by atoms with Crippen LogP contribution in [-0.2, 0) is 9.59 Å². The molecule has 0 radical (unpaired) electrons. The van der Waals surface area contributed by atoms with Crippen LogP contribution in [0.4, 0.5) is 0 Å². The summed E-state index contributed by atoms with van der Waals surface area (Å²) in [6.07, 6.45) is 3.55. The molecule has 7 nitrogen and oxygen atoms in total. The zero-order valence-electron chi connectivity index (χ0n) is 16.3. The Morgan fingerprint density at radius 1 is 1.03 bits per heavy atom. The van der Waals surface area contributed by atoms with Gasteiger partial charge in [0.1, 0.15) is 5.75 Å². The highest BCUT2D eigenvalue weighted by Crippen LogP contribution is 2.32. The maximum atomic E-state index is 12.5. The molecule has 0 saturated heterocycles. The molecule has 2 N–H and O–H groups in total. The Hall–Kier alpha value is -3.61. The third kappa shape index (κ3) is 4.82. The average molecular weight is 393 g/mol. The lowest BCUT2D eigenvalue weighted by atomic mass is 9.93. The van der Waals surface area contributed by atoms with Crippen molar-refractivity contribution in [2.75, 3.05) is 6.61 Å². The van der Waals surface area contributed by atoms with Gasteiger partial charge in [0, 0.05) is 18.7 Å². The van der Waals surface area contributed by atoms with E-state index in [1.54, 1.807) is 30.5 Å². The van der Waals surface area contributed by atoms with Gasteiger partial charge in [-0.15, -0.1) is 0 Å². The number of hydrogen-bond donors (Lipinski definition) is 2. The van der Waals surface area contributed by atoms with E-state index in [4.69, 9.17) is 4.74 Å². The molecule has 150 valence electrons. The van der Waals surface area contributed by atoms with Crippen molar-refractivity contribution in [2.24, 2.45) is 0 Å². The summed E-state index contributed by atoms with van der Waals surface area (Å²) in [6, 6.07) is 13.8. The van der Waals surface area contributed by atoms with Gasteiger partial charge in [-0.05, 0) is 48.4 Å². The van der Waals surface area contributed by atoms with Crippen molar-refractivity contribution in [3.8, 4) is 5.75 Å². The standard InChI is InChI=1S/C22H23N3O4/c1-3-29-18-10-8-17(9-11-18)22(28)24-23-21(27)14-20-19-7-5-4-6-16(19)12-13-25(20)15(2)26/h4-13,20H,3,14H2,1-2H3,(H,23,27)(H,24,28)/t20-/m1/s1. The summed E-state index contributed by atoms with van der Waals surface area (Å²) in [7, 11) is 0. The first-order valence-electron chi connectivity index (χ1n) is 9.37. The number of rotatable bonds is 5. The second-order valence-electron chi connectivity index (χ2n) is 6.55. The molecule has 2 aromatic rings. The van der Waals surface area contributed by atoms with Crippen molar-refractivity contribution in [3.63, 3.8) is 0 Å². The number of carbonyl (C=O) groups is 3. The molecule has 7 heteroatoms. The fourth-order valence-electron chi connectivity index (χ4n) is 3.21. The highest BCUT2D eigenvalue weighted by molar-refractivity contribution is 5.95. The Labute approximate surface area is 169 Å². The molecule has 0 spiro atoms. The van der Waals surface area contributed by atoms with Gasteiger partial charge < -0.3 is 9.64 Å². The number of carbonyl (C=O) groups excluding carboxylic acids is 3. The number of nitrogens with zero attached hydrogens (tertiary/aromatic N) is 1. The van der Waals surface area contributed by atoms with Crippen LogP contribution in [0.1, 0.15) is 47.8 Å². The second-order valence-corrected chi connectivity index (χ2v) is 6.55. The van der Waals surface area contributed by atoms with E-state index in [-0.39, 0.29) is 12.3 Å². The number of ether oxygens (including phenoxy) is 1. The van der Waals surface area contributed by atoms with Crippen LogP contribution in [0.15, 0.2) is 54.7 Å². The van der Waals surface area contributed by atoms with Crippen molar-refractivity contribution in [1.82, 2.24) is 15.8 Å². The molecular formula is C22H23N3O4. The molecule has 1 heterocycles. The molecule has 0 fully saturated rings. The van der Waals surface area contributed by atoms with Gasteiger partial charge in [-0.3, -0.25) is 25.2 Å². The average Bonchev–Trinajstić information content (AvgIpc) is 2.73. The molecule has 1 aliphatic rings. The van der Waals surface area contributed by atoms with Crippen LogP contribution in [0.5, 0.6) is 5.75 Å². The summed E-state index contributed by atoms with van der Waals surface area (Å²) < 4.78 is 5.34. The molecular weight excluding hydrogens is 370 g/mol. The molecule has 0 aromatic heterocycles. The van der Waals surface area contributed by atoms with Crippen LogP contribution < -0.4 is 15.6 Å². The first kappa shape index (κ1) is 20.1. The minimum atomic E-state index is -0.436. The lowest BCUT2D eigenvalue weighted by Gasteiger charge is -2.32. The van der Waals surface area contributed by atoms with Crippen LogP contribution in [0.2, 0.25) is 0 Å². The molecule has 1 aliphatic heterocycles. The summed E-state index contributed by atoms with van der Waals surface area (Å²) in [6.45, 7) is 3.87. The van der Waals surface area contributed by atoms with Crippen LogP contribution in [0.25, 0.3) is 6.08 Å². The molecule has 3 amide bonds. The van der Waals surface area contributed by atoms with E-state index >= 15 is 0 Å². The van der Waals surface area contributed by atoms with E-state index in [2.05, 4.69) is 10.9 Å². The van der Waals surface area contributed by atoms with Gasteiger partial charge >= 0.3 is 0 Å². The molecule has 1 atom stereocenters. The lowest BCUT2D eigenvalue weighted by Crippen LogP contribution is -2.43. The molecule has 3 rings (SSSR count).